The number of aryl methyl sites for hydroxylation is 6. The lowest BCUT2D eigenvalue weighted by Crippen LogP contribution is -2.41. The van der Waals surface area contributed by atoms with Gasteiger partial charge in [0.25, 0.3) is 0 Å². The fourth-order valence-electron chi connectivity index (χ4n) is 19.4. The summed E-state index contributed by atoms with van der Waals surface area (Å²) in [7, 11) is 2.80. The summed E-state index contributed by atoms with van der Waals surface area (Å²) in [6.07, 6.45) is 27.7. The van der Waals surface area contributed by atoms with Crippen molar-refractivity contribution in [3.8, 4) is 34.2 Å². The van der Waals surface area contributed by atoms with Gasteiger partial charge in [0.15, 0.2) is 0 Å². The molecule has 0 atom stereocenters. The predicted molar refractivity (Wildman–Crippen MR) is 494 cm³/mol. The molecule has 0 fully saturated rings. The summed E-state index contributed by atoms with van der Waals surface area (Å²) in [4.78, 5) is 56.5. The van der Waals surface area contributed by atoms with Crippen molar-refractivity contribution in [2.24, 2.45) is 0 Å². The number of carbonyl (C=O) groups is 3. The number of halogens is 1. The fraction of sp³-hybridized carbons (Fsp3) is 0.617. The van der Waals surface area contributed by atoms with Crippen LogP contribution < -0.4 is 15.1 Å². The molecule has 0 spiro atoms. The molecule has 15 rings (SSSR count). The van der Waals surface area contributed by atoms with Gasteiger partial charge in [-0.25, -0.2) is 9.36 Å². The van der Waals surface area contributed by atoms with Gasteiger partial charge in [0.05, 0.1) is 98.1 Å². The van der Waals surface area contributed by atoms with Crippen LogP contribution in [0.4, 0.5) is 17.1 Å². The van der Waals surface area contributed by atoms with Gasteiger partial charge in [-0.3, -0.25) is 19.5 Å². The maximum absolute atomic E-state index is 14.2. The number of hydrogen-bond donors (Lipinski definition) is 5. The highest BCUT2D eigenvalue weighted by Crippen LogP contribution is 2.54. The van der Waals surface area contributed by atoms with Crippen LogP contribution in [0.2, 0.25) is 51.4 Å². The second-order valence-corrected chi connectivity index (χ2v) is 48.3. The van der Waals surface area contributed by atoms with E-state index in [0.717, 1.165) is 246 Å². The van der Waals surface area contributed by atoms with Crippen molar-refractivity contribution in [3.63, 3.8) is 0 Å². The van der Waals surface area contributed by atoms with E-state index in [2.05, 4.69) is 176 Å². The highest BCUT2D eigenvalue weighted by Gasteiger charge is 2.52. The average molecular weight is 1750 g/mol. The first-order valence-corrected chi connectivity index (χ1v) is 53.7. The number of rotatable bonds is 40. The van der Waals surface area contributed by atoms with Crippen molar-refractivity contribution < 1.29 is 52.3 Å². The van der Waals surface area contributed by atoms with E-state index in [1.165, 1.54) is 66.7 Å². The van der Waals surface area contributed by atoms with Gasteiger partial charge in [-0.2, -0.15) is 15.3 Å². The molecule has 120 heavy (non-hydrogen) atoms. The standard InChI is InChI=1S/C33H50N4O4Si.C28H40N4O2Si.C27H36N4O3.C6H13BrO2/c1-7-12-33(13-8-2)27-21-28-26(20-29(27)37(32(33)38)14-15-40-17-16-39-3)25-11-9-10-24-22-36(35-30(24)31(25)34-28)23-41-18-19-42(4,5)6;1-6-11-28(12-7-2)22-16-23-21(15-24(22)30-27(28)33)20-10-8-9-19-17-32(31-25(19)26(20)29-23)18-34-13-14-35(3,4)5;1-4-9-27(10-5-2)21-16-22-20(15-23(21)31(26(27)32)11-12-34-14-13-33-3)19-8-6-7-18-17-28-30-24(18)25(19)29-22;1-8-5-6-9-4-2-3-7/h20-22,34H,7-19,23H2,1-6H3;15-17,29H,6-14,18H2,1-5H3,(H,30,33);15-17,29H,4-14H2,1-3H3,(H,28,30);2-6H2,1H3. The number of benzene rings is 3. The molecular weight excluding hydrogens is 1610 g/mol. The maximum Gasteiger partial charge on any atom is 0.237 e. The van der Waals surface area contributed by atoms with E-state index in [-0.39, 0.29) is 17.7 Å². The molecular formula is C94H139BrN12O11Si2. The lowest BCUT2D eigenvalue weighted by atomic mass is 9.74. The summed E-state index contributed by atoms with van der Waals surface area (Å²) in [6.45, 7) is 36.4. The second-order valence-electron chi connectivity index (χ2n) is 36.3. The van der Waals surface area contributed by atoms with Crippen LogP contribution in [-0.4, -0.2) is 191 Å². The molecule has 3 aromatic carbocycles. The van der Waals surface area contributed by atoms with Crippen molar-refractivity contribution >= 4 is 99.6 Å². The Morgan fingerprint density at radius 3 is 1.27 bits per heavy atom. The molecule has 0 radical (unpaired) electrons. The predicted octanol–water partition coefficient (Wildman–Crippen LogP) is 19.6. The smallest absolute Gasteiger partial charge is 0.237 e. The third kappa shape index (κ3) is 20.3. The van der Waals surface area contributed by atoms with Gasteiger partial charge in [-0.1, -0.05) is 135 Å². The number of ether oxygens (including phenoxy) is 8. The summed E-state index contributed by atoms with van der Waals surface area (Å²) in [5, 5.41) is 25.4. The minimum absolute atomic E-state index is 0.171. The number of alkyl halides is 1. The molecule has 6 aliphatic rings. The first-order chi connectivity index (χ1) is 58.0. The monoisotopic (exact) mass is 1750 g/mol. The Balaban J connectivity index is 0.000000157. The topological polar surface area (TPSA) is 255 Å². The van der Waals surface area contributed by atoms with E-state index in [1.54, 1.807) is 21.3 Å². The summed E-state index contributed by atoms with van der Waals surface area (Å²) in [6, 6.07) is 15.9. The number of hydrogen-bond acceptors (Lipinski definition) is 14. The number of fused-ring (bicyclic) bond motifs is 18. The van der Waals surface area contributed by atoms with Crippen LogP contribution in [0.3, 0.4) is 0 Å². The summed E-state index contributed by atoms with van der Waals surface area (Å²) >= 11 is 3.31. The number of methoxy groups -OCH3 is 3. The molecule has 9 aromatic rings. The van der Waals surface area contributed by atoms with Gasteiger partial charge in [-0.15, -0.1) is 0 Å². The Labute approximate surface area is 722 Å². The SMILES string of the molecule is CCCC1(CCC)C(=O)N(CCOCCOC)c2cc3c4c([nH]c3cc21)-c1[nH]ncc1CCC4.CCCC1(CCC)C(=O)N(CCOCCOC)c2cc3c4c([nH]c3cc21)-c1nn(COCC[Si](C)(C)C)cc1CCC4.CCCC1(CCC)C(=O)Nc2cc3c4c([nH]c3cc21)-c1nn(COCC[Si](C)(C)C)cc1CCC4.COCCOCCCBr. The number of aromatic nitrogens is 9. The second kappa shape index (κ2) is 42.1. The van der Waals surface area contributed by atoms with Crippen LogP contribution in [0, 0.1) is 0 Å². The van der Waals surface area contributed by atoms with E-state index in [9.17, 15) is 14.4 Å². The van der Waals surface area contributed by atoms with Gasteiger partial charge in [-0.05, 0) is 201 Å². The number of H-pyrrole nitrogens is 4. The lowest BCUT2D eigenvalue weighted by molar-refractivity contribution is -0.124. The lowest BCUT2D eigenvalue weighted by Gasteiger charge is -2.28. The van der Waals surface area contributed by atoms with E-state index in [0.29, 0.717) is 79.4 Å². The molecule has 656 valence electrons. The molecule has 9 heterocycles. The van der Waals surface area contributed by atoms with Crippen LogP contribution in [0.1, 0.15) is 194 Å². The van der Waals surface area contributed by atoms with Crippen LogP contribution in [-0.2, 0) is 121 Å². The molecule has 0 bridgehead atoms. The molecule has 5 N–H and O–H groups in total. The largest absolute Gasteiger partial charge is 0.382 e. The van der Waals surface area contributed by atoms with Gasteiger partial charge in [0.2, 0.25) is 17.7 Å². The first kappa shape index (κ1) is 92.1. The van der Waals surface area contributed by atoms with Gasteiger partial charge >= 0.3 is 0 Å². The number of carbonyl (C=O) groups excluding carboxylic acids is 3. The quantitative estimate of drug-likeness (QED) is 0.0136. The third-order valence-corrected chi connectivity index (χ3v) is 29.1. The maximum atomic E-state index is 14.2. The van der Waals surface area contributed by atoms with Crippen molar-refractivity contribution in [2.75, 3.05) is 128 Å². The molecule has 0 saturated carbocycles. The number of aromatic amines is 4. The van der Waals surface area contributed by atoms with Crippen LogP contribution in [0.15, 0.2) is 55.0 Å². The van der Waals surface area contributed by atoms with Gasteiger partial charge < -0.3 is 68.0 Å². The zero-order chi connectivity index (χ0) is 85.4. The molecule has 0 saturated heterocycles. The van der Waals surface area contributed by atoms with Crippen molar-refractivity contribution in [2.45, 2.75) is 264 Å². The summed E-state index contributed by atoms with van der Waals surface area (Å²) in [5.74, 6) is 0.631. The van der Waals surface area contributed by atoms with Crippen molar-refractivity contribution in [1.29, 1.82) is 0 Å². The summed E-state index contributed by atoms with van der Waals surface area (Å²) < 4.78 is 47.7. The zero-order valence-corrected chi connectivity index (χ0v) is 78.6. The minimum Gasteiger partial charge on any atom is -0.382 e. The Hall–Kier alpha value is -7.09. The average Bonchev–Trinajstić information content (AvgIpc) is 1.57. The van der Waals surface area contributed by atoms with Crippen LogP contribution >= 0.6 is 15.9 Å². The number of nitrogens with one attached hydrogen (secondary N) is 5. The van der Waals surface area contributed by atoms with Crippen molar-refractivity contribution in [1.82, 2.24) is 44.7 Å². The minimum atomic E-state index is -1.13. The molecule has 6 aromatic heterocycles. The van der Waals surface area contributed by atoms with E-state index >= 15 is 0 Å². The molecule has 3 amide bonds. The molecule has 3 aliphatic heterocycles. The Kier molecular flexibility index (Phi) is 32.3. The van der Waals surface area contributed by atoms with Crippen LogP contribution in [0.5, 0.6) is 0 Å². The van der Waals surface area contributed by atoms with E-state index < -0.39 is 32.4 Å². The first-order valence-electron chi connectivity index (χ1n) is 45.1. The van der Waals surface area contributed by atoms with Crippen LogP contribution in [0.25, 0.3) is 66.9 Å². The van der Waals surface area contributed by atoms with Crippen molar-refractivity contribution in [3.05, 3.63) is 105 Å². The Morgan fingerprint density at radius 1 is 0.442 bits per heavy atom. The molecule has 26 heteroatoms. The molecule has 3 aliphatic carbocycles. The Bertz CT molecular complexity index is 4880. The number of anilines is 3. The van der Waals surface area contributed by atoms with E-state index in [1.807, 2.05) is 25.4 Å². The molecule has 23 nitrogen and oxygen atoms in total. The van der Waals surface area contributed by atoms with Gasteiger partial charge in [0.1, 0.15) is 24.8 Å². The number of amides is 3. The summed E-state index contributed by atoms with van der Waals surface area (Å²) in [5.41, 5.74) is 23.0. The zero-order valence-electron chi connectivity index (χ0n) is 75.0. The third-order valence-electron chi connectivity index (χ3n) is 25.1. The normalized spacial score (nSPS) is 15.9. The fourth-order valence-corrected chi connectivity index (χ4v) is 21.1. The molecule has 0 unspecified atom stereocenters. The number of nitrogens with zero attached hydrogens (tertiary/aromatic N) is 7. The Morgan fingerprint density at radius 2 is 0.842 bits per heavy atom. The van der Waals surface area contributed by atoms with Gasteiger partial charge in [0, 0.05) is 138 Å². The highest BCUT2D eigenvalue weighted by atomic mass is 79.9. The van der Waals surface area contributed by atoms with E-state index in [4.69, 9.17) is 48.1 Å². The highest BCUT2D eigenvalue weighted by molar-refractivity contribution is 9.09.